The Morgan fingerprint density at radius 1 is 1.53 bits per heavy atom. The Balaban J connectivity index is 2.82. The molecule has 1 heterocycles. The minimum Gasteiger partial charge on any atom is -0.423 e. The van der Waals surface area contributed by atoms with Crippen molar-refractivity contribution in [1.29, 1.82) is 0 Å². The Labute approximate surface area is 114 Å². The topological polar surface area (TPSA) is 71.5 Å². The first-order valence-electron chi connectivity index (χ1n) is 6.32. The van der Waals surface area contributed by atoms with Crippen molar-refractivity contribution in [3.63, 3.8) is 0 Å². The lowest BCUT2D eigenvalue weighted by Crippen LogP contribution is -2.44. The van der Waals surface area contributed by atoms with E-state index in [-0.39, 0.29) is 11.8 Å². The van der Waals surface area contributed by atoms with Gasteiger partial charge < -0.3 is 15.0 Å². The molecule has 0 fully saturated rings. The molecule has 1 aromatic heterocycles. The molecule has 5 nitrogen and oxygen atoms in total. The van der Waals surface area contributed by atoms with Crippen LogP contribution in [0.2, 0.25) is 0 Å². The number of hydrogen-bond donors (Lipinski definition) is 2. The van der Waals surface area contributed by atoms with E-state index >= 15 is 0 Å². The Bertz CT molecular complexity index is 449. The Kier molecular flexibility index (Phi) is 5.08. The summed E-state index contributed by atoms with van der Waals surface area (Å²) in [6.07, 6.45) is 1.52. The molecule has 0 bridgehead atoms. The Morgan fingerprint density at radius 3 is 2.68 bits per heavy atom. The van der Waals surface area contributed by atoms with Crippen molar-refractivity contribution in [3.8, 4) is 0 Å². The van der Waals surface area contributed by atoms with Crippen LogP contribution in [-0.2, 0) is 9.45 Å². The van der Waals surface area contributed by atoms with Crippen LogP contribution in [0.25, 0.3) is 0 Å². The summed E-state index contributed by atoms with van der Waals surface area (Å²) >= 11 is 0. The Morgan fingerprint density at radius 2 is 2.16 bits per heavy atom. The zero-order valence-electron chi connectivity index (χ0n) is 12.1. The molecule has 19 heavy (non-hydrogen) atoms. The van der Waals surface area contributed by atoms with E-state index in [1.54, 1.807) is 12.1 Å². The number of pyridine rings is 1. The molecule has 0 saturated carbocycles. The lowest BCUT2D eigenvalue weighted by atomic mass is 9.78. The van der Waals surface area contributed by atoms with Crippen molar-refractivity contribution in [3.05, 3.63) is 18.3 Å². The van der Waals surface area contributed by atoms with Crippen molar-refractivity contribution < 1.29 is 14.5 Å². The summed E-state index contributed by atoms with van der Waals surface area (Å²) in [7, 11) is -1.05. The maximum absolute atomic E-state index is 11.0. The predicted octanol–water partition coefficient (Wildman–Crippen LogP) is 1.18. The normalized spacial score (nSPS) is 11.5. The van der Waals surface area contributed by atoms with Crippen LogP contribution in [0.1, 0.15) is 34.6 Å². The van der Waals surface area contributed by atoms with Crippen LogP contribution >= 0.6 is 0 Å². The lowest BCUT2D eigenvalue weighted by molar-refractivity contribution is -0.114. The molecule has 1 amide bonds. The average Bonchev–Trinajstić information content (AvgIpc) is 2.27. The number of amides is 1. The van der Waals surface area contributed by atoms with Crippen LogP contribution in [0.5, 0.6) is 0 Å². The highest BCUT2D eigenvalue weighted by atomic mass is 16.5. The fourth-order valence-electron chi connectivity index (χ4n) is 1.34. The number of nitrogens with zero attached hydrogens (tertiary/aromatic N) is 1. The van der Waals surface area contributed by atoms with Crippen LogP contribution < -0.4 is 10.8 Å². The molecule has 6 heteroatoms. The molecule has 1 aromatic rings. The van der Waals surface area contributed by atoms with Gasteiger partial charge in [-0.2, -0.15) is 0 Å². The van der Waals surface area contributed by atoms with Gasteiger partial charge in [-0.25, -0.2) is 4.98 Å². The summed E-state index contributed by atoms with van der Waals surface area (Å²) in [6, 6.07) is 3.26. The van der Waals surface area contributed by atoms with E-state index in [9.17, 15) is 9.82 Å². The van der Waals surface area contributed by atoms with Gasteiger partial charge in [-0.3, -0.25) is 4.79 Å². The second-order valence-electron chi connectivity index (χ2n) is 5.38. The fraction of sp³-hybridized carbons (Fsp3) is 0.538. The molecule has 0 aromatic carbocycles. The molecule has 0 saturated heterocycles. The maximum atomic E-state index is 11.0. The molecule has 0 aliphatic carbocycles. The first-order chi connectivity index (χ1) is 8.72. The second kappa shape index (κ2) is 6.17. The molecule has 0 aliphatic heterocycles. The van der Waals surface area contributed by atoms with Crippen molar-refractivity contribution in [2.75, 3.05) is 5.32 Å². The zero-order chi connectivity index (χ0) is 14.6. The summed E-state index contributed by atoms with van der Waals surface area (Å²) in [5.41, 5.74) is 0.115. The quantitative estimate of drug-likeness (QED) is 0.783. The molecule has 0 radical (unpaired) electrons. The van der Waals surface area contributed by atoms with E-state index in [0.29, 0.717) is 11.3 Å². The molecule has 104 valence electrons. The van der Waals surface area contributed by atoms with Gasteiger partial charge in [0.05, 0.1) is 5.60 Å². The standard InChI is InChI=1S/C13H21BN2O3/c1-9(2)13(4,5)19-14(18)11-6-7-15-12(8-11)16-10(3)17/h6-9,18H,1-5H3,(H,15,16,17). The van der Waals surface area contributed by atoms with Gasteiger partial charge in [-0.1, -0.05) is 13.8 Å². The summed E-state index contributed by atoms with van der Waals surface area (Å²) < 4.78 is 5.66. The monoisotopic (exact) mass is 264 g/mol. The van der Waals surface area contributed by atoms with E-state index in [0.717, 1.165) is 0 Å². The largest absolute Gasteiger partial charge is 0.491 e. The fourth-order valence-corrected chi connectivity index (χ4v) is 1.34. The van der Waals surface area contributed by atoms with Crippen LogP contribution in [0.3, 0.4) is 0 Å². The summed E-state index contributed by atoms with van der Waals surface area (Å²) in [4.78, 5) is 15.0. The van der Waals surface area contributed by atoms with Gasteiger partial charge in [0, 0.05) is 13.1 Å². The Hall–Kier alpha value is -1.40. The van der Waals surface area contributed by atoms with Gasteiger partial charge in [0.1, 0.15) is 5.82 Å². The molecule has 0 spiro atoms. The molecule has 0 atom stereocenters. The maximum Gasteiger partial charge on any atom is 0.491 e. The minimum absolute atomic E-state index is 0.206. The van der Waals surface area contributed by atoms with Crippen molar-refractivity contribution in [1.82, 2.24) is 4.98 Å². The van der Waals surface area contributed by atoms with Gasteiger partial charge in [-0.15, -0.1) is 0 Å². The molecule has 0 aliphatic rings. The smallest absolute Gasteiger partial charge is 0.423 e. The van der Waals surface area contributed by atoms with Crippen LogP contribution in [0, 0.1) is 5.92 Å². The number of nitrogens with one attached hydrogen (secondary N) is 1. The number of carbonyl (C=O) groups is 1. The minimum atomic E-state index is -1.05. The first-order valence-corrected chi connectivity index (χ1v) is 6.32. The summed E-state index contributed by atoms with van der Waals surface area (Å²) in [5.74, 6) is 0.455. The van der Waals surface area contributed by atoms with Crippen molar-refractivity contribution >= 4 is 24.3 Å². The van der Waals surface area contributed by atoms with Crippen molar-refractivity contribution in [2.45, 2.75) is 40.2 Å². The SMILES string of the molecule is CC(=O)Nc1cc(B(O)OC(C)(C)C(C)C)ccn1. The molecule has 0 unspecified atom stereocenters. The van der Waals surface area contributed by atoms with E-state index in [1.807, 2.05) is 27.7 Å². The molecule has 1 rings (SSSR count). The highest BCUT2D eigenvalue weighted by molar-refractivity contribution is 6.60. The highest BCUT2D eigenvalue weighted by Gasteiger charge is 2.30. The number of carbonyl (C=O) groups excluding carboxylic acids is 1. The lowest BCUT2D eigenvalue weighted by Gasteiger charge is -2.31. The average molecular weight is 264 g/mol. The number of aromatic nitrogens is 1. The summed E-state index contributed by atoms with van der Waals surface area (Å²) in [6.45, 7) is 9.32. The number of rotatable bonds is 5. The van der Waals surface area contributed by atoms with Crippen LogP contribution in [0.4, 0.5) is 5.82 Å². The van der Waals surface area contributed by atoms with Gasteiger partial charge in [0.15, 0.2) is 0 Å². The van der Waals surface area contributed by atoms with E-state index in [2.05, 4.69) is 10.3 Å². The molecule has 2 N–H and O–H groups in total. The van der Waals surface area contributed by atoms with E-state index in [4.69, 9.17) is 4.65 Å². The van der Waals surface area contributed by atoms with Crippen LogP contribution in [0.15, 0.2) is 18.3 Å². The predicted molar refractivity (Wildman–Crippen MR) is 76.1 cm³/mol. The third-order valence-electron chi connectivity index (χ3n) is 3.18. The van der Waals surface area contributed by atoms with Crippen LogP contribution in [-0.4, -0.2) is 28.6 Å². The van der Waals surface area contributed by atoms with E-state index in [1.165, 1.54) is 13.1 Å². The van der Waals surface area contributed by atoms with Gasteiger partial charge in [0.25, 0.3) is 0 Å². The second-order valence-corrected chi connectivity index (χ2v) is 5.38. The third kappa shape index (κ3) is 4.65. The van der Waals surface area contributed by atoms with Gasteiger partial charge >= 0.3 is 7.12 Å². The van der Waals surface area contributed by atoms with Gasteiger partial charge in [-0.05, 0) is 37.4 Å². The molecular formula is C13H21BN2O3. The van der Waals surface area contributed by atoms with Crippen molar-refractivity contribution in [2.24, 2.45) is 5.92 Å². The first kappa shape index (κ1) is 15.7. The highest BCUT2D eigenvalue weighted by Crippen LogP contribution is 2.20. The third-order valence-corrected chi connectivity index (χ3v) is 3.18. The summed E-state index contributed by atoms with van der Waals surface area (Å²) in [5, 5.41) is 12.7. The molecular weight excluding hydrogens is 243 g/mol. The van der Waals surface area contributed by atoms with Gasteiger partial charge in [0.2, 0.25) is 5.91 Å². The number of hydrogen-bond acceptors (Lipinski definition) is 4. The zero-order valence-corrected chi connectivity index (χ0v) is 12.1. The van der Waals surface area contributed by atoms with E-state index < -0.39 is 12.7 Å². The number of anilines is 1.